The minimum atomic E-state index is 1.04. The van der Waals surface area contributed by atoms with Gasteiger partial charge in [-0.3, -0.25) is 0 Å². The summed E-state index contributed by atoms with van der Waals surface area (Å²) in [5.74, 6) is 0. The summed E-state index contributed by atoms with van der Waals surface area (Å²) in [6.45, 7) is 3.29. The second-order valence-electron chi connectivity index (χ2n) is 6.17. The molecule has 2 aliphatic rings. The quantitative estimate of drug-likeness (QED) is 0.848. The fraction of sp³-hybridized carbons (Fsp3) is 0.368. The third-order valence-corrected chi connectivity index (χ3v) is 4.75. The first kappa shape index (κ1) is 12.8. The summed E-state index contributed by atoms with van der Waals surface area (Å²) >= 11 is 0. The van der Waals surface area contributed by atoms with Gasteiger partial charge in [0.1, 0.15) is 0 Å². The Balaban J connectivity index is 1.64. The van der Waals surface area contributed by atoms with Crippen LogP contribution in [0.15, 0.2) is 42.5 Å². The molecule has 0 saturated heterocycles. The van der Waals surface area contributed by atoms with E-state index in [0.717, 1.165) is 19.6 Å². The van der Waals surface area contributed by atoms with E-state index in [9.17, 15) is 0 Å². The van der Waals surface area contributed by atoms with Gasteiger partial charge in [-0.15, -0.1) is 0 Å². The van der Waals surface area contributed by atoms with E-state index in [4.69, 9.17) is 0 Å². The molecule has 0 bridgehead atoms. The van der Waals surface area contributed by atoms with Crippen molar-refractivity contribution >= 4 is 11.4 Å². The van der Waals surface area contributed by atoms with E-state index < -0.39 is 0 Å². The minimum absolute atomic E-state index is 1.04. The molecule has 0 unspecified atom stereocenters. The lowest BCUT2D eigenvalue weighted by molar-refractivity contribution is 0.764. The lowest BCUT2D eigenvalue weighted by atomic mass is 10.0. The van der Waals surface area contributed by atoms with Crippen LogP contribution in [0.1, 0.15) is 29.5 Å². The molecule has 2 aliphatic heterocycles. The Morgan fingerprint density at radius 1 is 0.857 bits per heavy atom. The predicted molar refractivity (Wildman–Crippen MR) is 89.1 cm³/mol. The van der Waals surface area contributed by atoms with Gasteiger partial charge in [-0.05, 0) is 54.5 Å². The van der Waals surface area contributed by atoms with Crippen LogP contribution in [0, 0.1) is 0 Å². The molecule has 0 saturated carbocycles. The van der Waals surface area contributed by atoms with Gasteiger partial charge in [-0.25, -0.2) is 0 Å². The molecule has 0 aromatic heterocycles. The van der Waals surface area contributed by atoms with Crippen LogP contribution in [-0.4, -0.2) is 13.1 Å². The first-order chi connectivity index (χ1) is 10.4. The molecule has 2 heteroatoms. The van der Waals surface area contributed by atoms with Crippen LogP contribution in [0.5, 0.6) is 0 Å². The van der Waals surface area contributed by atoms with Gasteiger partial charge >= 0.3 is 0 Å². The summed E-state index contributed by atoms with van der Waals surface area (Å²) in [5.41, 5.74) is 7.19. The van der Waals surface area contributed by atoms with Gasteiger partial charge in [-0.2, -0.15) is 0 Å². The number of hydrogen-bond donors (Lipinski definition) is 1. The standard InChI is InChI=1S/C19H22N2/c1-2-6-17-14-21(12-4-8-15(17)5-1)18-10-9-16-7-3-11-20-19(16)13-18/h1-2,5-6,9-10,13,20H,3-4,7-8,11-12,14H2. The first-order valence-corrected chi connectivity index (χ1v) is 8.09. The van der Waals surface area contributed by atoms with Crippen LogP contribution >= 0.6 is 0 Å². The summed E-state index contributed by atoms with van der Waals surface area (Å²) < 4.78 is 0. The molecular weight excluding hydrogens is 256 g/mol. The van der Waals surface area contributed by atoms with Gasteiger partial charge in [-0.1, -0.05) is 30.3 Å². The first-order valence-electron chi connectivity index (χ1n) is 8.09. The second-order valence-corrected chi connectivity index (χ2v) is 6.17. The van der Waals surface area contributed by atoms with Crippen molar-refractivity contribution < 1.29 is 0 Å². The molecule has 0 atom stereocenters. The van der Waals surface area contributed by atoms with Crippen LogP contribution in [-0.2, 0) is 19.4 Å². The maximum Gasteiger partial charge on any atom is 0.0432 e. The summed E-state index contributed by atoms with van der Waals surface area (Å²) in [7, 11) is 0. The number of anilines is 2. The number of benzene rings is 2. The Kier molecular flexibility index (Phi) is 3.30. The van der Waals surface area contributed by atoms with Crippen molar-refractivity contribution in [3.05, 3.63) is 59.2 Å². The highest BCUT2D eigenvalue weighted by atomic mass is 15.1. The Bertz CT molecular complexity index is 648. The number of nitrogens with one attached hydrogen (secondary N) is 1. The maximum absolute atomic E-state index is 3.55. The zero-order valence-electron chi connectivity index (χ0n) is 12.4. The summed E-state index contributed by atoms with van der Waals surface area (Å²) in [5, 5.41) is 3.55. The molecule has 0 fully saturated rings. The highest BCUT2D eigenvalue weighted by Gasteiger charge is 2.16. The Morgan fingerprint density at radius 3 is 2.67 bits per heavy atom. The van der Waals surface area contributed by atoms with Crippen LogP contribution in [0.4, 0.5) is 11.4 Å². The van der Waals surface area contributed by atoms with Gasteiger partial charge in [0.2, 0.25) is 0 Å². The van der Waals surface area contributed by atoms with Gasteiger partial charge in [0.05, 0.1) is 0 Å². The largest absolute Gasteiger partial charge is 0.385 e. The molecule has 0 radical (unpaired) electrons. The van der Waals surface area contributed by atoms with Crippen molar-refractivity contribution in [1.29, 1.82) is 0 Å². The molecule has 2 aromatic rings. The van der Waals surface area contributed by atoms with Gasteiger partial charge in [0, 0.05) is 31.0 Å². The fourth-order valence-corrected chi connectivity index (χ4v) is 3.57. The molecule has 108 valence electrons. The van der Waals surface area contributed by atoms with E-state index in [-0.39, 0.29) is 0 Å². The van der Waals surface area contributed by atoms with E-state index >= 15 is 0 Å². The van der Waals surface area contributed by atoms with Crippen molar-refractivity contribution in [2.75, 3.05) is 23.3 Å². The highest BCUT2D eigenvalue weighted by Crippen LogP contribution is 2.30. The Morgan fingerprint density at radius 2 is 1.71 bits per heavy atom. The van der Waals surface area contributed by atoms with E-state index in [0.29, 0.717) is 0 Å². The third-order valence-electron chi connectivity index (χ3n) is 4.75. The number of aryl methyl sites for hydroxylation is 2. The monoisotopic (exact) mass is 278 g/mol. The van der Waals surface area contributed by atoms with Crippen LogP contribution in [0.2, 0.25) is 0 Å². The number of rotatable bonds is 1. The smallest absolute Gasteiger partial charge is 0.0432 e. The summed E-state index contributed by atoms with van der Waals surface area (Å²) in [6.07, 6.45) is 4.91. The predicted octanol–water partition coefficient (Wildman–Crippen LogP) is 4.00. The van der Waals surface area contributed by atoms with E-state index in [1.54, 1.807) is 0 Å². The molecule has 0 amide bonds. The molecule has 0 spiro atoms. The highest BCUT2D eigenvalue weighted by molar-refractivity contribution is 5.63. The molecule has 1 N–H and O–H groups in total. The van der Waals surface area contributed by atoms with Crippen molar-refractivity contribution in [3.63, 3.8) is 0 Å². The lowest BCUT2D eigenvalue weighted by Crippen LogP contribution is -2.23. The average Bonchev–Trinajstić information content (AvgIpc) is 2.76. The fourth-order valence-electron chi connectivity index (χ4n) is 3.57. The molecule has 2 aromatic carbocycles. The van der Waals surface area contributed by atoms with Crippen molar-refractivity contribution in [3.8, 4) is 0 Å². The molecule has 21 heavy (non-hydrogen) atoms. The number of fused-ring (bicyclic) bond motifs is 2. The van der Waals surface area contributed by atoms with E-state index in [1.165, 1.54) is 53.7 Å². The number of hydrogen-bond acceptors (Lipinski definition) is 2. The molecular formula is C19H22N2. The van der Waals surface area contributed by atoms with E-state index in [1.807, 2.05) is 0 Å². The van der Waals surface area contributed by atoms with Crippen molar-refractivity contribution in [1.82, 2.24) is 0 Å². The van der Waals surface area contributed by atoms with Gasteiger partial charge < -0.3 is 10.2 Å². The summed E-state index contributed by atoms with van der Waals surface area (Å²) in [6, 6.07) is 15.9. The minimum Gasteiger partial charge on any atom is -0.385 e. The topological polar surface area (TPSA) is 15.3 Å². The Labute approximate surface area is 126 Å². The van der Waals surface area contributed by atoms with Crippen LogP contribution < -0.4 is 10.2 Å². The zero-order chi connectivity index (χ0) is 14.1. The number of nitrogens with zero attached hydrogens (tertiary/aromatic N) is 1. The maximum atomic E-state index is 3.55. The molecule has 2 nitrogen and oxygen atoms in total. The van der Waals surface area contributed by atoms with Gasteiger partial charge in [0.15, 0.2) is 0 Å². The molecule has 2 heterocycles. The van der Waals surface area contributed by atoms with Crippen LogP contribution in [0.25, 0.3) is 0 Å². The SMILES string of the molecule is c1ccc2c(c1)CCCN(c1ccc3c(c1)NCCC3)C2. The van der Waals surface area contributed by atoms with Crippen LogP contribution in [0.3, 0.4) is 0 Å². The van der Waals surface area contributed by atoms with Gasteiger partial charge in [0.25, 0.3) is 0 Å². The average molecular weight is 278 g/mol. The van der Waals surface area contributed by atoms with Crippen molar-refractivity contribution in [2.45, 2.75) is 32.2 Å². The molecule has 0 aliphatic carbocycles. The lowest BCUT2D eigenvalue weighted by Gasteiger charge is -2.26. The summed E-state index contributed by atoms with van der Waals surface area (Å²) in [4.78, 5) is 2.53. The third kappa shape index (κ3) is 2.51. The molecule has 4 rings (SSSR count). The van der Waals surface area contributed by atoms with Crippen molar-refractivity contribution in [2.24, 2.45) is 0 Å². The second kappa shape index (κ2) is 5.44. The normalized spacial score (nSPS) is 17.4. The Hall–Kier alpha value is -1.96. The zero-order valence-corrected chi connectivity index (χ0v) is 12.4. The van der Waals surface area contributed by atoms with E-state index in [2.05, 4.69) is 52.7 Å².